The first-order valence-electron chi connectivity index (χ1n) is 5.87. The Hall–Kier alpha value is -1.02. The van der Waals surface area contributed by atoms with E-state index in [4.69, 9.17) is 5.73 Å². The lowest BCUT2D eigenvalue weighted by atomic mass is 10.1. The number of nitrogens with two attached hydrogens (primary N) is 1. The molecule has 0 aromatic carbocycles. The Bertz CT molecular complexity index is 493. The third-order valence-electron chi connectivity index (χ3n) is 3.07. The van der Waals surface area contributed by atoms with Gasteiger partial charge in [0.1, 0.15) is 4.90 Å². The molecule has 0 bridgehead atoms. The monoisotopic (exact) mass is 271 g/mol. The summed E-state index contributed by atoms with van der Waals surface area (Å²) in [5, 5.41) is 9.38. The second-order valence-electron chi connectivity index (χ2n) is 4.32. The minimum Gasteiger partial charge on any atom is -0.393 e. The Kier molecular flexibility index (Phi) is 3.96. The van der Waals surface area contributed by atoms with Crippen LogP contribution in [0.4, 0.5) is 0 Å². The van der Waals surface area contributed by atoms with Gasteiger partial charge in [-0.25, -0.2) is 8.42 Å². The molecule has 7 heteroatoms. The van der Waals surface area contributed by atoms with Gasteiger partial charge < -0.3 is 10.8 Å². The van der Waals surface area contributed by atoms with Crippen LogP contribution in [0.3, 0.4) is 0 Å². The third kappa shape index (κ3) is 2.69. The van der Waals surface area contributed by atoms with Crippen molar-refractivity contribution in [3.8, 4) is 0 Å². The van der Waals surface area contributed by atoms with Crippen molar-refractivity contribution < 1.29 is 13.5 Å². The number of rotatable bonds is 3. The molecule has 1 aliphatic rings. The zero-order chi connectivity index (χ0) is 13.2. The van der Waals surface area contributed by atoms with Crippen LogP contribution in [0.1, 0.15) is 18.5 Å². The summed E-state index contributed by atoms with van der Waals surface area (Å²) in [4.78, 5) is 4.17. The van der Waals surface area contributed by atoms with Crippen molar-refractivity contribution in [1.82, 2.24) is 9.29 Å². The van der Waals surface area contributed by atoms with E-state index in [1.165, 1.54) is 16.6 Å². The van der Waals surface area contributed by atoms with Crippen molar-refractivity contribution >= 4 is 10.0 Å². The van der Waals surface area contributed by atoms with Crippen molar-refractivity contribution in [3.63, 3.8) is 0 Å². The Labute approximate surface area is 106 Å². The third-order valence-corrected chi connectivity index (χ3v) is 4.95. The predicted molar refractivity (Wildman–Crippen MR) is 66.1 cm³/mol. The van der Waals surface area contributed by atoms with Crippen LogP contribution in [0.25, 0.3) is 0 Å². The van der Waals surface area contributed by atoms with Crippen molar-refractivity contribution in [2.75, 3.05) is 13.1 Å². The Morgan fingerprint density at radius 2 is 2.06 bits per heavy atom. The van der Waals surface area contributed by atoms with Gasteiger partial charge in [-0.05, 0) is 25.0 Å². The number of pyridine rings is 1. The Balaban J connectivity index is 2.19. The number of aliphatic hydroxyl groups excluding tert-OH is 1. The molecule has 0 amide bonds. The van der Waals surface area contributed by atoms with E-state index >= 15 is 0 Å². The molecule has 100 valence electrons. The Morgan fingerprint density at radius 1 is 1.39 bits per heavy atom. The fraction of sp³-hybridized carbons (Fsp3) is 0.545. The topological polar surface area (TPSA) is 96.5 Å². The number of sulfonamides is 1. The summed E-state index contributed by atoms with van der Waals surface area (Å²) in [5.74, 6) is 0. The number of aromatic nitrogens is 1. The molecule has 0 radical (unpaired) electrons. The summed E-state index contributed by atoms with van der Waals surface area (Å²) in [6.45, 7) is 0.987. The maximum absolute atomic E-state index is 12.3. The standard InChI is InChI=1S/C11H17N3O3S/c12-7-9-1-2-11(8-13-9)18(16,17)14-5-3-10(15)4-6-14/h1-2,8,10,15H,3-7,12H2. The van der Waals surface area contributed by atoms with Gasteiger partial charge in [0, 0.05) is 25.8 Å². The first-order valence-corrected chi connectivity index (χ1v) is 7.31. The highest BCUT2D eigenvalue weighted by molar-refractivity contribution is 7.89. The summed E-state index contributed by atoms with van der Waals surface area (Å²) >= 11 is 0. The maximum atomic E-state index is 12.3. The lowest BCUT2D eigenvalue weighted by Gasteiger charge is -2.28. The molecule has 0 aliphatic carbocycles. The first kappa shape index (κ1) is 13.4. The summed E-state index contributed by atoms with van der Waals surface area (Å²) in [6.07, 6.45) is 1.90. The zero-order valence-electron chi connectivity index (χ0n) is 9.99. The van der Waals surface area contributed by atoms with Gasteiger partial charge in [-0.3, -0.25) is 4.98 Å². The van der Waals surface area contributed by atoms with Crippen LogP contribution in [-0.2, 0) is 16.6 Å². The molecule has 0 atom stereocenters. The summed E-state index contributed by atoms with van der Waals surface area (Å²) in [6, 6.07) is 3.14. The van der Waals surface area contributed by atoms with E-state index in [0.29, 0.717) is 31.6 Å². The molecule has 1 saturated heterocycles. The predicted octanol–water partition coefficient (Wildman–Crippen LogP) is -0.314. The van der Waals surface area contributed by atoms with E-state index in [2.05, 4.69) is 4.98 Å². The fourth-order valence-corrected chi connectivity index (χ4v) is 3.33. The van der Waals surface area contributed by atoms with E-state index in [1.54, 1.807) is 6.07 Å². The van der Waals surface area contributed by atoms with E-state index in [1.807, 2.05) is 0 Å². The van der Waals surface area contributed by atoms with Gasteiger partial charge in [-0.2, -0.15) is 4.31 Å². The maximum Gasteiger partial charge on any atom is 0.244 e. The molecule has 1 aromatic rings. The molecular formula is C11H17N3O3S. The SMILES string of the molecule is NCc1ccc(S(=O)(=O)N2CCC(O)CC2)cn1. The molecule has 6 nitrogen and oxygen atoms in total. The highest BCUT2D eigenvalue weighted by Crippen LogP contribution is 2.20. The lowest BCUT2D eigenvalue weighted by Crippen LogP contribution is -2.40. The fourth-order valence-electron chi connectivity index (χ4n) is 1.92. The molecule has 1 aliphatic heterocycles. The summed E-state index contributed by atoms with van der Waals surface area (Å²) in [7, 11) is -3.49. The van der Waals surface area contributed by atoms with Crippen molar-refractivity contribution in [2.24, 2.45) is 5.73 Å². The van der Waals surface area contributed by atoms with Crippen molar-refractivity contribution in [1.29, 1.82) is 0 Å². The van der Waals surface area contributed by atoms with Crippen LogP contribution in [0.15, 0.2) is 23.2 Å². The van der Waals surface area contributed by atoms with E-state index in [0.717, 1.165) is 0 Å². The smallest absolute Gasteiger partial charge is 0.244 e. The average molecular weight is 271 g/mol. The second-order valence-corrected chi connectivity index (χ2v) is 6.26. The van der Waals surface area contributed by atoms with Crippen LogP contribution in [0.5, 0.6) is 0 Å². The second kappa shape index (κ2) is 5.31. The number of aliphatic hydroxyl groups is 1. The number of piperidine rings is 1. The van der Waals surface area contributed by atoms with Crippen molar-refractivity contribution in [3.05, 3.63) is 24.0 Å². The highest BCUT2D eigenvalue weighted by Gasteiger charge is 2.28. The van der Waals surface area contributed by atoms with Crippen LogP contribution in [0.2, 0.25) is 0 Å². The van der Waals surface area contributed by atoms with E-state index in [9.17, 15) is 13.5 Å². The van der Waals surface area contributed by atoms with Gasteiger partial charge in [0.2, 0.25) is 10.0 Å². The number of nitrogens with zero attached hydrogens (tertiary/aromatic N) is 2. The lowest BCUT2D eigenvalue weighted by molar-refractivity contribution is 0.113. The minimum absolute atomic E-state index is 0.177. The highest BCUT2D eigenvalue weighted by atomic mass is 32.2. The van der Waals surface area contributed by atoms with Gasteiger partial charge >= 0.3 is 0 Å². The largest absolute Gasteiger partial charge is 0.393 e. The van der Waals surface area contributed by atoms with E-state index in [-0.39, 0.29) is 11.4 Å². The molecule has 0 unspecified atom stereocenters. The minimum atomic E-state index is -3.49. The molecule has 2 heterocycles. The Morgan fingerprint density at radius 3 is 2.56 bits per heavy atom. The molecule has 2 rings (SSSR count). The van der Waals surface area contributed by atoms with E-state index < -0.39 is 16.1 Å². The molecule has 3 N–H and O–H groups in total. The van der Waals surface area contributed by atoms with Crippen LogP contribution in [0, 0.1) is 0 Å². The molecule has 1 aromatic heterocycles. The van der Waals surface area contributed by atoms with Gasteiger partial charge in [0.25, 0.3) is 0 Å². The molecule has 1 fully saturated rings. The van der Waals surface area contributed by atoms with Crippen LogP contribution in [-0.4, -0.2) is 42.0 Å². The van der Waals surface area contributed by atoms with Gasteiger partial charge in [-0.1, -0.05) is 0 Å². The summed E-state index contributed by atoms with van der Waals surface area (Å²) in [5.41, 5.74) is 6.07. The van der Waals surface area contributed by atoms with Gasteiger partial charge in [-0.15, -0.1) is 0 Å². The average Bonchev–Trinajstić information content (AvgIpc) is 2.39. The number of hydrogen-bond donors (Lipinski definition) is 2. The normalized spacial score (nSPS) is 19.0. The molecule has 0 saturated carbocycles. The van der Waals surface area contributed by atoms with Gasteiger partial charge in [0.15, 0.2) is 0 Å². The molecule has 18 heavy (non-hydrogen) atoms. The van der Waals surface area contributed by atoms with Crippen LogP contribution < -0.4 is 5.73 Å². The molecular weight excluding hydrogens is 254 g/mol. The first-order chi connectivity index (χ1) is 8.54. The zero-order valence-corrected chi connectivity index (χ0v) is 10.8. The van der Waals surface area contributed by atoms with Crippen LogP contribution >= 0.6 is 0 Å². The van der Waals surface area contributed by atoms with Crippen molar-refractivity contribution in [2.45, 2.75) is 30.4 Å². The summed E-state index contributed by atoms with van der Waals surface area (Å²) < 4.78 is 25.9. The van der Waals surface area contributed by atoms with Gasteiger partial charge in [0.05, 0.1) is 11.8 Å². The number of hydrogen-bond acceptors (Lipinski definition) is 5. The quantitative estimate of drug-likeness (QED) is 0.786. The molecule has 0 spiro atoms.